The van der Waals surface area contributed by atoms with Crippen molar-refractivity contribution in [3.8, 4) is 33.6 Å². The van der Waals surface area contributed by atoms with E-state index in [0.717, 1.165) is 0 Å². The zero-order valence-corrected chi connectivity index (χ0v) is 34.8. The van der Waals surface area contributed by atoms with Crippen molar-refractivity contribution in [2.24, 2.45) is 0 Å². The van der Waals surface area contributed by atoms with Crippen molar-refractivity contribution in [2.45, 2.75) is 0 Å². The standard InChI is InChI=1S/C62H38N2/c1-3-15-43(16-4-1)63-57-25-13-11-21-49(57)53-35-41(29-33-59(53)63)39-27-31-47-45-19-7-10-24-52(45)62-56-38-40(28-32-48(56)46-20-8-9-23-51(46)61(62)55(47)37-39)42-30-34-60-54(36-42)50-22-12-14-26-58(50)64(60)44-17-5-2-6-18-44/h1-38H. The molecule has 0 unspecified atom stereocenters. The molecule has 2 aromatic heterocycles. The highest BCUT2D eigenvalue weighted by Crippen LogP contribution is 2.46. The fourth-order valence-corrected chi connectivity index (χ4v) is 11.0. The molecule has 0 saturated carbocycles. The highest BCUT2D eigenvalue weighted by atomic mass is 15.0. The van der Waals surface area contributed by atoms with E-state index < -0.39 is 0 Å². The molecule has 0 atom stereocenters. The lowest BCUT2D eigenvalue weighted by Crippen LogP contribution is -1.93. The van der Waals surface area contributed by atoms with Gasteiger partial charge in [0.25, 0.3) is 0 Å². The Kier molecular flexibility index (Phi) is 7.43. The van der Waals surface area contributed by atoms with E-state index in [9.17, 15) is 0 Å². The summed E-state index contributed by atoms with van der Waals surface area (Å²) in [6, 6.07) is 85.3. The molecule has 0 aliphatic heterocycles. The van der Waals surface area contributed by atoms with Gasteiger partial charge in [-0.1, -0.05) is 158 Å². The van der Waals surface area contributed by atoms with E-state index in [1.165, 1.54) is 131 Å². The van der Waals surface area contributed by atoms with Crippen LogP contribution in [0.2, 0.25) is 0 Å². The van der Waals surface area contributed by atoms with Crippen LogP contribution in [-0.4, -0.2) is 9.13 Å². The zero-order chi connectivity index (χ0) is 41.9. The molecule has 296 valence electrons. The van der Waals surface area contributed by atoms with Crippen molar-refractivity contribution in [2.75, 3.05) is 0 Å². The van der Waals surface area contributed by atoms with Crippen molar-refractivity contribution in [3.63, 3.8) is 0 Å². The average Bonchev–Trinajstić information content (AvgIpc) is 3.88. The summed E-state index contributed by atoms with van der Waals surface area (Å²) >= 11 is 0. The molecule has 14 aromatic rings. The SMILES string of the molecule is c1ccc(-n2c3ccccc3c3cc(-c4ccc5c6ccccc6c6c7cc(-c8ccc9c(c8)c8ccccc8n9-c8ccccc8)ccc7c7ccccc7c6c5c4)ccc32)cc1. The normalized spacial score (nSPS) is 12.1. The Hall–Kier alpha value is -8.46. The molecule has 0 bridgehead atoms. The minimum absolute atomic E-state index is 1.17. The van der Waals surface area contributed by atoms with E-state index in [-0.39, 0.29) is 0 Å². The second-order valence-electron chi connectivity index (χ2n) is 17.2. The lowest BCUT2D eigenvalue weighted by Gasteiger charge is -2.18. The van der Waals surface area contributed by atoms with Gasteiger partial charge in [-0.3, -0.25) is 0 Å². The number of fused-ring (bicyclic) bond motifs is 17. The maximum absolute atomic E-state index is 2.46. The molecule has 2 heterocycles. The number of aromatic nitrogens is 2. The van der Waals surface area contributed by atoms with Crippen molar-refractivity contribution in [3.05, 3.63) is 231 Å². The Morgan fingerprint density at radius 3 is 0.906 bits per heavy atom. The van der Waals surface area contributed by atoms with Crippen LogP contribution in [0, 0.1) is 0 Å². The van der Waals surface area contributed by atoms with Gasteiger partial charge in [0.1, 0.15) is 0 Å². The van der Waals surface area contributed by atoms with Crippen molar-refractivity contribution >= 4 is 97.5 Å². The van der Waals surface area contributed by atoms with E-state index in [1.807, 2.05) is 0 Å². The molecule has 0 fully saturated rings. The van der Waals surface area contributed by atoms with E-state index >= 15 is 0 Å². The maximum Gasteiger partial charge on any atom is 0.0541 e. The average molecular weight is 811 g/mol. The number of hydrogen-bond acceptors (Lipinski definition) is 0. The Balaban J connectivity index is 1.02. The maximum atomic E-state index is 2.46. The van der Waals surface area contributed by atoms with Gasteiger partial charge >= 0.3 is 0 Å². The Morgan fingerprint density at radius 2 is 0.484 bits per heavy atom. The largest absolute Gasteiger partial charge is 0.309 e. The number of rotatable bonds is 4. The van der Waals surface area contributed by atoms with E-state index in [4.69, 9.17) is 0 Å². The van der Waals surface area contributed by atoms with Crippen LogP contribution in [0.3, 0.4) is 0 Å². The summed E-state index contributed by atoms with van der Waals surface area (Å²) in [6.07, 6.45) is 0. The predicted octanol–water partition coefficient (Wildman–Crippen LogP) is 17.0. The minimum Gasteiger partial charge on any atom is -0.309 e. The number of hydrogen-bond donors (Lipinski definition) is 0. The number of nitrogens with zero attached hydrogens (tertiary/aromatic N) is 2. The molecule has 64 heavy (non-hydrogen) atoms. The minimum atomic E-state index is 1.17. The molecule has 0 aliphatic carbocycles. The second-order valence-corrected chi connectivity index (χ2v) is 17.2. The first-order valence-electron chi connectivity index (χ1n) is 22.2. The summed E-state index contributed by atoms with van der Waals surface area (Å²) in [5, 5.41) is 17.8. The van der Waals surface area contributed by atoms with Crippen LogP contribution < -0.4 is 0 Å². The number of para-hydroxylation sites is 4. The molecule has 0 saturated heterocycles. The third kappa shape index (κ3) is 5.02. The smallest absolute Gasteiger partial charge is 0.0541 e. The molecule has 12 aromatic carbocycles. The summed E-state index contributed by atoms with van der Waals surface area (Å²) in [7, 11) is 0. The van der Waals surface area contributed by atoms with Crippen LogP contribution in [0.5, 0.6) is 0 Å². The molecule has 14 rings (SSSR count). The van der Waals surface area contributed by atoms with Crippen molar-refractivity contribution < 1.29 is 0 Å². The Morgan fingerprint density at radius 1 is 0.188 bits per heavy atom. The summed E-state index contributed by atoms with van der Waals surface area (Å²) < 4.78 is 4.78. The predicted molar refractivity (Wildman–Crippen MR) is 274 cm³/mol. The highest BCUT2D eigenvalue weighted by Gasteiger charge is 2.19. The molecule has 0 N–H and O–H groups in total. The monoisotopic (exact) mass is 810 g/mol. The lowest BCUT2D eigenvalue weighted by molar-refractivity contribution is 1.18. The summed E-state index contributed by atoms with van der Waals surface area (Å²) in [4.78, 5) is 0. The second kappa shape index (κ2) is 13.5. The molecule has 0 aliphatic rings. The van der Waals surface area contributed by atoms with Gasteiger partial charge in [-0.25, -0.2) is 0 Å². The van der Waals surface area contributed by atoms with Crippen molar-refractivity contribution in [1.29, 1.82) is 0 Å². The molecule has 2 heteroatoms. The van der Waals surface area contributed by atoms with Crippen LogP contribution in [0.25, 0.3) is 131 Å². The van der Waals surface area contributed by atoms with Gasteiger partial charge in [-0.15, -0.1) is 0 Å². The van der Waals surface area contributed by atoms with Crippen molar-refractivity contribution in [1.82, 2.24) is 9.13 Å². The Labute approximate surface area is 369 Å². The van der Waals surface area contributed by atoms with E-state index in [1.54, 1.807) is 0 Å². The summed E-state index contributed by atoms with van der Waals surface area (Å²) in [5.74, 6) is 0. The quantitative estimate of drug-likeness (QED) is 0.157. The molecular weight excluding hydrogens is 773 g/mol. The molecule has 0 amide bonds. The lowest BCUT2D eigenvalue weighted by atomic mass is 9.85. The first-order valence-corrected chi connectivity index (χ1v) is 22.2. The first kappa shape index (κ1) is 35.2. The van der Waals surface area contributed by atoms with Gasteiger partial charge in [0.15, 0.2) is 0 Å². The van der Waals surface area contributed by atoms with Gasteiger partial charge < -0.3 is 9.13 Å². The van der Waals surface area contributed by atoms with Crippen LogP contribution in [0.4, 0.5) is 0 Å². The van der Waals surface area contributed by atoms with Crippen LogP contribution in [0.15, 0.2) is 231 Å². The first-order chi connectivity index (χ1) is 31.8. The zero-order valence-electron chi connectivity index (χ0n) is 34.8. The number of benzene rings is 12. The van der Waals surface area contributed by atoms with E-state index in [2.05, 4.69) is 240 Å². The molecule has 0 radical (unpaired) electrons. The highest BCUT2D eigenvalue weighted by molar-refractivity contribution is 6.40. The van der Waals surface area contributed by atoms with Gasteiger partial charge in [0, 0.05) is 32.9 Å². The molecule has 2 nitrogen and oxygen atoms in total. The van der Waals surface area contributed by atoms with Gasteiger partial charge in [0.05, 0.1) is 22.1 Å². The topological polar surface area (TPSA) is 9.86 Å². The van der Waals surface area contributed by atoms with Crippen LogP contribution in [-0.2, 0) is 0 Å². The van der Waals surface area contributed by atoms with Gasteiger partial charge in [-0.05, 0) is 149 Å². The summed E-state index contributed by atoms with van der Waals surface area (Å²) in [6.45, 7) is 0. The van der Waals surface area contributed by atoms with Gasteiger partial charge in [0.2, 0.25) is 0 Å². The van der Waals surface area contributed by atoms with E-state index in [0.29, 0.717) is 0 Å². The Bertz CT molecular complexity index is 3950. The molecular formula is C62H38N2. The summed E-state index contributed by atoms with van der Waals surface area (Å²) in [5.41, 5.74) is 12.0. The fourth-order valence-electron chi connectivity index (χ4n) is 11.0. The molecule has 0 spiro atoms. The van der Waals surface area contributed by atoms with Gasteiger partial charge in [-0.2, -0.15) is 0 Å². The van der Waals surface area contributed by atoms with Crippen LogP contribution in [0.1, 0.15) is 0 Å². The van der Waals surface area contributed by atoms with Crippen LogP contribution >= 0.6 is 0 Å². The fraction of sp³-hybridized carbons (Fsp3) is 0. The third-order valence-corrected chi connectivity index (χ3v) is 13.8. The third-order valence-electron chi connectivity index (χ3n) is 13.8.